The summed E-state index contributed by atoms with van der Waals surface area (Å²) in [4.78, 5) is 26.6. The number of carbonyl (C=O) groups excluding carboxylic acids is 1. The number of non-ortho nitro benzene ring substituents is 1. The van der Waals surface area contributed by atoms with Crippen LogP contribution in [0.1, 0.15) is 15.9 Å². The third kappa shape index (κ3) is 3.68. The molecule has 0 aliphatic rings. The molecule has 1 N–H and O–H groups in total. The van der Waals surface area contributed by atoms with Gasteiger partial charge in [0.05, 0.1) is 22.2 Å². The van der Waals surface area contributed by atoms with E-state index in [9.17, 15) is 14.9 Å². The first-order valence-electron chi connectivity index (χ1n) is 7.08. The Morgan fingerprint density at radius 1 is 1.16 bits per heavy atom. The average molecular weight is 350 g/mol. The molecule has 0 aliphatic carbocycles. The molecule has 2 aromatic carbocycles. The largest absolute Gasteiger partial charge is 0.298 e. The van der Waals surface area contributed by atoms with E-state index in [0.717, 1.165) is 5.56 Å². The summed E-state index contributed by atoms with van der Waals surface area (Å²) in [6.45, 7) is 0. The highest BCUT2D eigenvalue weighted by Gasteiger charge is 2.12. The monoisotopic (exact) mass is 350 g/mol. The molecule has 0 fully saturated rings. The number of aromatic nitrogens is 1. The topological polar surface area (TPSA) is 109 Å². The number of nitro groups is 1. The van der Waals surface area contributed by atoms with Gasteiger partial charge in [0.25, 0.3) is 11.6 Å². The number of nitrogens with zero attached hydrogens (tertiary/aromatic N) is 3. The Balaban J connectivity index is 1.73. The number of thiazole rings is 1. The highest BCUT2D eigenvalue weighted by molar-refractivity contribution is 7.14. The number of benzene rings is 2. The molecule has 7 nitrogen and oxygen atoms in total. The Kier molecular flexibility index (Phi) is 4.50. The molecule has 3 aromatic rings. The van der Waals surface area contributed by atoms with Crippen LogP contribution in [0, 0.1) is 21.4 Å². The lowest BCUT2D eigenvalue weighted by Gasteiger charge is -2.01. The Morgan fingerprint density at radius 3 is 2.44 bits per heavy atom. The first kappa shape index (κ1) is 16.3. The molecule has 0 saturated carbocycles. The Bertz CT molecular complexity index is 972. The van der Waals surface area contributed by atoms with E-state index in [1.165, 1.54) is 35.6 Å². The van der Waals surface area contributed by atoms with Gasteiger partial charge in [-0.2, -0.15) is 5.26 Å². The first-order chi connectivity index (χ1) is 12.1. The van der Waals surface area contributed by atoms with Crippen molar-refractivity contribution in [3.63, 3.8) is 0 Å². The quantitative estimate of drug-likeness (QED) is 0.568. The van der Waals surface area contributed by atoms with Gasteiger partial charge in [-0.1, -0.05) is 12.1 Å². The van der Waals surface area contributed by atoms with E-state index in [1.54, 1.807) is 29.6 Å². The number of nitro benzene ring substituents is 1. The Hall–Kier alpha value is -3.57. The van der Waals surface area contributed by atoms with Gasteiger partial charge in [0.1, 0.15) is 0 Å². The van der Waals surface area contributed by atoms with Crippen LogP contribution in [-0.4, -0.2) is 15.8 Å². The standard InChI is InChI=1S/C17H10N4O3S/c18-9-11-1-3-12(4-2-11)15-10-25-17(19-15)20-16(22)13-5-7-14(8-6-13)21(23)24/h1-8,10H,(H,19,20,22). The van der Waals surface area contributed by atoms with Gasteiger partial charge in [-0.3, -0.25) is 20.2 Å². The Morgan fingerprint density at radius 2 is 1.84 bits per heavy atom. The van der Waals surface area contributed by atoms with Crippen LogP contribution in [0.25, 0.3) is 11.3 Å². The van der Waals surface area contributed by atoms with E-state index in [1.807, 2.05) is 6.07 Å². The summed E-state index contributed by atoms with van der Waals surface area (Å²) in [6.07, 6.45) is 0. The minimum atomic E-state index is -0.521. The molecule has 122 valence electrons. The molecule has 0 unspecified atom stereocenters. The van der Waals surface area contributed by atoms with Crippen LogP contribution in [0.2, 0.25) is 0 Å². The molecule has 1 aromatic heterocycles. The van der Waals surface area contributed by atoms with Gasteiger partial charge >= 0.3 is 0 Å². The van der Waals surface area contributed by atoms with Crippen molar-refractivity contribution >= 4 is 28.1 Å². The average Bonchev–Trinajstić information content (AvgIpc) is 3.10. The summed E-state index contributed by atoms with van der Waals surface area (Å²) in [6, 6.07) is 14.4. The highest BCUT2D eigenvalue weighted by Crippen LogP contribution is 2.25. The lowest BCUT2D eigenvalue weighted by atomic mass is 10.1. The van der Waals surface area contributed by atoms with Crippen molar-refractivity contribution in [3.8, 4) is 17.3 Å². The molecule has 0 saturated heterocycles. The lowest BCUT2D eigenvalue weighted by molar-refractivity contribution is -0.384. The fourth-order valence-electron chi connectivity index (χ4n) is 2.08. The number of nitriles is 1. The van der Waals surface area contributed by atoms with Crippen LogP contribution in [0.5, 0.6) is 0 Å². The first-order valence-corrected chi connectivity index (χ1v) is 7.96. The summed E-state index contributed by atoms with van der Waals surface area (Å²) in [5.41, 5.74) is 2.32. The van der Waals surface area contributed by atoms with Crippen LogP contribution in [0.3, 0.4) is 0 Å². The maximum absolute atomic E-state index is 12.2. The van der Waals surface area contributed by atoms with Crippen molar-refractivity contribution in [2.24, 2.45) is 0 Å². The van der Waals surface area contributed by atoms with E-state index in [-0.39, 0.29) is 5.69 Å². The SMILES string of the molecule is N#Cc1ccc(-c2csc(NC(=O)c3ccc([N+](=O)[O-])cc3)n2)cc1. The highest BCUT2D eigenvalue weighted by atomic mass is 32.1. The van der Waals surface area contributed by atoms with Crippen LogP contribution >= 0.6 is 11.3 Å². The number of nitrogens with one attached hydrogen (secondary N) is 1. The molecule has 8 heteroatoms. The van der Waals surface area contributed by atoms with Gasteiger partial charge in [-0.25, -0.2) is 4.98 Å². The maximum Gasteiger partial charge on any atom is 0.269 e. The number of carbonyl (C=O) groups is 1. The minimum absolute atomic E-state index is 0.0751. The summed E-state index contributed by atoms with van der Waals surface area (Å²) >= 11 is 1.27. The minimum Gasteiger partial charge on any atom is -0.298 e. The molecular weight excluding hydrogens is 340 g/mol. The molecule has 1 heterocycles. The van der Waals surface area contributed by atoms with Gasteiger partial charge in [-0.15, -0.1) is 11.3 Å². The molecule has 0 bridgehead atoms. The zero-order valence-electron chi connectivity index (χ0n) is 12.7. The molecule has 0 spiro atoms. The molecule has 0 atom stereocenters. The second-order valence-corrected chi connectivity index (χ2v) is 5.84. The predicted molar refractivity (Wildman–Crippen MR) is 93.3 cm³/mol. The van der Waals surface area contributed by atoms with E-state index < -0.39 is 10.8 Å². The second kappa shape index (κ2) is 6.90. The molecular formula is C17H10N4O3S. The summed E-state index contributed by atoms with van der Waals surface area (Å²) in [5, 5.41) is 24.3. The van der Waals surface area contributed by atoms with Gasteiger partial charge in [0, 0.05) is 28.6 Å². The van der Waals surface area contributed by atoms with Crippen molar-refractivity contribution in [2.75, 3.05) is 5.32 Å². The number of rotatable bonds is 4. The number of anilines is 1. The molecule has 0 aliphatic heterocycles. The molecule has 0 radical (unpaired) electrons. The zero-order chi connectivity index (χ0) is 17.8. The summed E-state index contributed by atoms with van der Waals surface area (Å²) in [5.74, 6) is -0.393. The van der Waals surface area contributed by atoms with Crippen LogP contribution in [0.15, 0.2) is 53.9 Å². The van der Waals surface area contributed by atoms with Gasteiger partial charge in [0.2, 0.25) is 0 Å². The second-order valence-electron chi connectivity index (χ2n) is 4.99. The van der Waals surface area contributed by atoms with Gasteiger partial charge < -0.3 is 0 Å². The third-order valence-corrected chi connectivity index (χ3v) is 4.13. The maximum atomic E-state index is 12.2. The van der Waals surface area contributed by atoms with Crippen molar-refractivity contribution in [2.45, 2.75) is 0 Å². The van der Waals surface area contributed by atoms with E-state index in [0.29, 0.717) is 22.0 Å². The van der Waals surface area contributed by atoms with E-state index in [2.05, 4.69) is 10.3 Å². The molecule has 3 rings (SSSR count). The van der Waals surface area contributed by atoms with Crippen molar-refractivity contribution in [1.29, 1.82) is 5.26 Å². The summed E-state index contributed by atoms with van der Waals surface area (Å²) in [7, 11) is 0. The van der Waals surface area contributed by atoms with Gasteiger partial charge in [0.15, 0.2) is 5.13 Å². The van der Waals surface area contributed by atoms with Crippen LogP contribution in [-0.2, 0) is 0 Å². The molecule has 25 heavy (non-hydrogen) atoms. The van der Waals surface area contributed by atoms with Crippen molar-refractivity contribution < 1.29 is 9.72 Å². The van der Waals surface area contributed by atoms with Crippen molar-refractivity contribution in [3.05, 3.63) is 75.2 Å². The lowest BCUT2D eigenvalue weighted by Crippen LogP contribution is -2.11. The van der Waals surface area contributed by atoms with E-state index in [4.69, 9.17) is 5.26 Å². The number of hydrogen-bond donors (Lipinski definition) is 1. The fraction of sp³-hybridized carbons (Fsp3) is 0. The van der Waals surface area contributed by atoms with E-state index >= 15 is 0 Å². The Labute approximate surface area is 146 Å². The zero-order valence-corrected chi connectivity index (χ0v) is 13.5. The van der Waals surface area contributed by atoms with Gasteiger partial charge in [-0.05, 0) is 24.3 Å². The fourth-order valence-corrected chi connectivity index (χ4v) is 2.80. The smallest absolute Gasteiger partial charge is 0.269 e. The number of amides is 1. The number of hydrogen-bond acceptors (Lipinski definition) is 6. The van der Waals surface area contributed by atoms with Crippen molar-refractivity contribution in [1.82, 2.24) is 4.98 Å². The van der Waals surface area contributed by atoms with Crippen LogP contribution in [0.4, 0.5) is 10.8 Å². The third-order valence-electron chi connectivity index (χ3n) is 3.37. The molecule has 1 amide bonds. The summed E-state index contributed by atoms with van der Waals surface area (Å²) < 4.78 is 0. The van der Waals surface area contributed by atoms with Crippen LogP contribution < -0.4 is 5.32 Å². The normalized spacial score (nSPS) is 10.0. The predicted octanol–water partition coefficient (Wildman–Crippen LogP) is 3.84.